The van der Waals surface area contributed by atoms with Crippen LogP contribution in [0.15, 0.2) is 48.5 Å². The second-order valence-corrected chi connectivity index (χ2v) is 5.95. The maximum Gasteiger partial charge on any atom is 0.0249 e. The van der Waals surface area contributed by atoms with Crippen LogP contribution in [0.3, 0.4) is 0 Å². The van der Waals surface area contributed by atoms with Crippen LogP contribution in [0.4, 0.5) is 0 Å². The first-order valence-corrected chi connectivity index (χ1v) is 8.97. The molecule has 2 rings (SSSR count). The highest BCUT2D eigenvalue weighted by molar-refractivity contribution is 5.44. The fraction of sp³-hybridized carbons (Fsp3) is 0.333. The molecule has 0 spiro atoms. The molecule has 0 heteroatoms. The fourth-order valence-electron chi connectivity index (χ4n) is 2.37. The van der Waals surface area contributed by atoms with Crippen LogP contribution in [0.5, 0.6) is 0 Å². The molecule has 0 atom stereocenters. The maximum atomic E-state index is 3.26. The molecule has 24 heavy (non-hydrogen) atoms. The van der Waals surface area contributed by atoms with Crippen molar-refractivity contribution in [3.05, 3.63) is 70.8 Å². The zero-order valence-electron chi connectivity index (χ0n) is 14.9. The quantitative estimate of drug-likeness (QED) is 0.485. The summed E-state index contributed by atoms with van der Waals surface area (Å²) < 4.78 is 0. The van der Waals surface area contributed by atoms with Gasteiger partial charge in [0.1, 0.15) is 0 Å². The van der Waals surface area contributed by atoms with E-state index in [0.717, 1.165) is 36.8 Å². The standard InChI is InChI=1S/C24H26/c1-3-5-6-7-8-9-10-22-15-17-24(18-16-22)20-19-23-13-11-21(4-2)12-14-23/h11-18H,3-6,9-10H2,1-2H3. The monoisotopic (exact) mass is 314 g/mol. The molecule has 0 saturated carbocycles. The van der Waals surface area contributed by atoms with Crippen molar-refractivity contribution in [2.24, 2.45) is 0 Å². The van der Waals surface area contributed by atoms with Gasteiger partial charge in [-0.1, -0.05) is 56.4 Å². The molecule has 0 radical (unpaired) electrons. The molecule has 0 nitrogen and oxygen atoms in total. The summed E-state index contributed by atoms with van der Waals surface area (Å²) >= 11 is 0. The van der Waals surface area contributed by atoms with E-state index in [9.17, 15) is 0 Å². The van der Waals surface area contributed by atoms with Gasteiger partial charge < -0.3 is 0 Å². The Labute approximate surface area is 147 Å². The average Bonchev–Trinajstić information content (AvgIpc) is 2.64. The highest BCUT2D eigenvalue weighted by Crippen LogP contribution is 2.07. The Morgan fingerprint density at radius 1 is 0.667 bits per heavy atom. The molecule has 0 unspecified atom stereocenters. The van der Waals surface area contributed by atoms with E-state index in [1.165, 1.54) is 24.0 Å². The normalized spacial score (nSPS) is 9.58. The number of rotatable bonds is 5. The van der Waals surface area contributed by atoms with Crippen LogP contribution in [0.1, 0.15) is 61.8 Å². The zero-order valence-corrected chi connectivity index (χ0v) is 14.9. The predicted molar refractivity (Wildman–Crippen MR) is 104 cm³/mol. The van der Waals surface area contributed by atoms with Crippen LogP contribution in [0.2, 0.25) is 0 Å². The van der Waals surface area contributed by atoms with E-state index in [0.29, 0.717) is 0 Å². The van der Waals surface area contributed by atoms with Gasteiger partial charge in [-0.2, -0.15) is 0 Å². The van der Waals surface area contributed by atoms with Crippen molar-refractivity contribution < 1.29 is 0 Å². The molecule has 2 aromatic carbocycles. The second-order valence-electron chi connectivity index (χ2n) is 5.95. The van der Waals surface area contributed by atoms with E-state index in [1.807, 2.05) is 0 Å². The summed E-state index contributed by atoms with van der Waals surface area (Å²) in [7, 11) is 0. The zero-order chi connectivity index (χ0) is 17.0. The molecule has 0 aliphatic heterocycles. The summed E-state index contributed by atoms with van der Waals surface area (Å²) in [6, 6.07) is 17.0. The lowest BCUT2D eigenvalue weighted by Gasteiger charge is -1.98. The molecule has 0 bridgehead atoms. The van der Waals surface area contributed by atoms with Gasteiger partial charge in [-0.25, -0.2) is 0 Å². The van der Waals surface area contributed by atoms with E-state index in [2.05, 4.69) is 86.1 Å². The summed E-state index contributed by atoms with van der Waals surface area (Å²) in [5, 5.41) is 0. The summed E-state index contributed by atoms with van der Waals surface area (Å²) in [4.78, 5) is 0. The Bertz CT molecular complexity index is 725. The first-order valence-electron chi connectivity index (χ1n) is 8.97. The predicted octanol–water partition coefficient (Wildman–Crippen LogP) is 5.78. The van der Waals surface area contributed by atoms with Gasteiger partial charge in [0.25, 0.3) is 0 Å². The molecule has 0 aromatic heterocycles. The Morgan fingerprint density at radius 3 is 1.75 bits per heavy atom. The molecule has 0 amide bonds. The summed E-state index contributed by atoms with van der Waals surface area (Å²) in [6.07, 6.45) is 6.49. The Kier molecular flexibility index (Phi) is 7.73. The molecule has 122 valence electrons. The molecular weight excluding hydrogens is 288 g/mol. The van der Waals surface area contributed by atoms with Gasteiger partial charge in [0.05, 0.1) is 0 Å². The van der Waals surface area contributed by atoms with Crippen molar-refractivity contribution in [3.63, 3.8) is 0 Å². The minimum Gasteiger partial charge on any atom is -0.103 e. The number of hydrogen-bond acceptors (Lipinski definition) is 0. The van der Waals surface area contributed by atoms with Crippen LogP contribution in [-0.2, 0) is 12.8 Å². The largest absolute Gasteiger partial charge is 0.103 e. The van der Waals surface area contributed by atoms with Crippen LogP contribution in [-0.4, -0.2) is 0 Å². The van der Waals surface area contributed by atoms with Crippen LogP contribution in [0.25, 0.3) is 0 Å². The average molecular weight is 314 g/mol. The van der Waals surface area contributed by atoms with Crippen molar-refractivity contribution in [3.8, 4) is 23.7 Å². The molecule has 0 aliphatic carbocycles. The lowest BCUT2D eigenvalue weighted by molar-refractivity contribution is 0.827. The summed E-state index contributed by atoms with van der Waals surface area (Å²) in [5.41, 5.74) is 4.81. The van der Waals surface area contributed by atoms with Gasteiger partial charge >= 0.3 is 0 Å². The van der Waals surface area contributed by atoms with Crippen LogP contribution >= 0.6 is 0 Å². The third-order valence-electron chi connectivity index (χ3n) is 3.99. The molecule has 0 heterocycles. The molecule has 0 fully saturated rings. The maximum absolute atomic E-state index is 3.26. The molecule has 0 N–H and O–H groups in total. The highest BCUT2D eigenvalue weighted by atomic mass is 14.0. The lowest BCUT2D eigenvalue weighted by Crippen LogP contribution is -1.84. The van der Waals surface area contributed by atoms with E-state index in [1.54, 1.807) is 0 Å². The van der Waals surface area contributed by atoms with Gasteiger partial charge in [0.15, 0.2) is 0 Å². The van der Waals surface area contributed by atoms with Crippen molar-refractivity contribution in [1.82, 2.24) is 0 Å². The van der Waals surface area contributed by atoms with E-state index >= 15 is 0 Å². The van der Waals surface area contributed by atoms with Gasteiger partial charge in [-0.3, -0.25) is 0 Å². The van der Waals surface area contributed by atoms with Crippen molar-refractivity contribution in [2.75, 3.05) is 0 Å². The molecule has 0 aliphatic rings. The van der Waals surface area contributed by atoms with Crippen molar-refractivity contribution in [2.45, 2.75) is 52.4 Å². The Hall–Kier alpha value is -2.44. The van der Waals surface area contributed by atoms with Gasteiger partial charge in [-0.05, 0) is 54.7 Å². The van der Waals surface area contributed by atoms with Gasteiger partial charge in [0, 0.05) is 24.0 Å². The number of benzene rings is 2. The summed E-state index contributed by atoms with van der Waals surface area (Å²) in [6.45, 7) is 4.37. The third-order valence-corrected chi connectivity index (χ3v) is 3.99. The third kappa shape index (κ3) is 6.36. The summed E-state index contributed by atoms with van der Waals surface area (Å²) in [5.74, 6) is 13.0. The van der Waals surface area contributed by atoms with Gasteiger partial charge in [-0.15, -0.1) is 11.8 Å². The highest BCUT2D eigenvalue weighted by Gasteiger charge is 1.93. The van der Waals surface area contributed by atoms with E-state index < -0.39 is 0 Å². The molecule has 2 aromatic rings. The SMILES string of the molecule is CCCCC#CCCc1ccc(C#Cc2ccc(CC)cc2)cc1. The second kappa shape index (κ2) is 10.4. The Balaban J connectivity index is 1.87. The topological polar surface area (TPSA) is 0 Å². The first-order chi connectivity index (χ1) is 11.8. The minimum atomic E-state index is 0.943. The van der Waals surface area contributed by atoms with E-state index in [4.69, 9.17) is 0 Å². The van der Waals surface area contributed by atoms with E-state index in [-0.39, 0.29) is 0 Å². The van der Waals surface area contributed by atoms with Gasteiger partial charge in [0.2, 0.25) is 0 Å². The van der Waals surface area contributed by atoms with Crippen molar-refractivity contribution in [1.29, 1.82) is 0 Å². The molecular formula is C24H26. The number of aryl methyl sites for hydroxylation is 2. The lowest BCUT2D eigenvalue weighted by atomic mass is 10.1. The van der Waals surface area contributed by atoms with Crippen molar-refractivity contribution >= 4 is 0 Å². The van der Waals surface area contributed by atoms with Crippen LogP contribution in [0, 0.1) is 23.7 Å². The Morgan fingerprint density at radius 2 is 1.21 bits per heavy atom. The number of hydrogen-bond donors (Lipinski definition) is 0. The van der Waals surface area contributed by atoms with Crippen LogP contribution < -0.4 is 0 Å². The molecule has 0 saturated heterocycles. The fourth-order valence-corrected chi connectivity index (χ4v) is 2.37. The smallest absolute Gasteiger partial charge is 0.0249 e. The first kappa shape index (κ1) is 17.9. The number of unbranched alkanes of at least 4 members (excludes halogenated alkanes) is 2. The minimum absolute atomic E-state index is 0.943.